The molecule has 1 aliphatic rings. The van der Waals surface area contributed by atoms with Crippen molar-refractivity contribution in [1.29, 1.82) is 0 Å². The number of nitrogens with zero attached hydrogens (tertiary/aromatic N) is 2. The summed E-state index contributed by atoms with van der Waals surface area (Å²) in [6, 6.07) is 5.24. The van der Waals surface area contributed by atoms with E-state index in [0.29, 0.717) is 44.2 Å². The van der Waals surface area contributed by atoms with Gasteiger partial charge in [-0.05, 0) is 43.5 Å². The van der Waals surface area contributed by atoms with Gasteiger partial charge in [0.2, 0.25) is 15.9 Å². The second-order valence-corrected chi connectivity index (χ2v) is 8.21. The van der Waals surface area contributed by atoms with Crippen molar-refractivity contribution in [2.45, 2.75) is 32.1 Å². The van der Waals surface area contributed by atoms with Crippen LogP contribution >= 0.6 is 0 Å². The predicted octanol–water partition coefficient (Wildman–Crippen LogP) is 1.14. The lowest BCUT2D eigenvalue weighted by molar-refractivity contribution is -0.122. The van der Waals surface area contributed by atoms with Gasteiger partial charge in [0, 0.05) is 32.7 Å². The van der Waals surface area contributed by atoms with E-state index in [1.807, 2.05) is 31.7 Å². The summed E-state index contributed by atoms with van der Waals surface area (Å²) < 4.78 is 27.0. The van der Waals surface area contributed by atoms with Gasteiger partial charge in [-0.3, -0.25) is 9.69 Å². The molecule has 7 heteroatoms. The van der Waals surface area contributed by atoms with Crippen molar-refractivity contribution in [3.8, 4) is 0 Å². The van der Waals surface area contributed by atoms with Crippen molar-refractivity contribution in [3.63, 3.8) is 0 Å². The topological polar surface area (TPSA) is 69.7 Å². The first kappa shape index (κ1) is 18.9. The van der Waals surface area contributed by atoms with E-state index in [-0.39, 0.29) is 5.91 Å². The zero-order valence-electron chi connectivity index (χ0n) is 14.7. The molecular weight excluding hydrogens is 326 g/mol. The number of amides is 1. The van der Waals surface area contributed by atoms with Crippen molar-refractivity contribution in [2.24, 2.45) is 0 Å². The van der Waals surface area contributed by atoms with Gasteiger partial charge in [0.05, 0.1) is 11.4 Å². The molecule has 0 aliphatic carbocycles. The van der Waals surface area contributed by atoms with E-state index in [4.69, 9.17) is 0 Å². The van der Waals surface area contributed by atoms with Crippen LogP contribution in [0.4, 0.5) is 0 Å². The van der Waals surface area contributed by atoms with Gasteiger partial charge >= 0.3 is 0 Å². The van der Waals surface area contributed by atoms with Crippen molar-refractivity contribution >= 4 is 15.9 Å². The van der Waals surface area contributed by atoms with Crippen LogP contribution in [0, 0.1) is 13.8 Å². The number of nitrogens with one attached hydrogen (secondary N) is 1. The number of hydrogen-bond donors (Lipinski definition) is 1. The molecule has 134 valence electrons. The first-order valence-corrected chi connectivity index (χ1v) is 9.85. The van der Waals surface area contributed by atoms with Crippen LogP contribution in [0.25, 0.3) is 0 Å². The minimum absolute atomic E-state index is 0.00214. The highest BCUT2D eigenvalue weighted by molar-refractivity contribution is 7.89. The molecule has 24 heavy (non-hydrogen) atoms. The Labute approximate surface area is 144 Å². The van der Waals surface area contributed by atoms with Gasteiger partial charge in [0.1, 0.15) is 0 Å². The van der Waals surface area contributed by atoms with Crippen molar-refractivity contribution < 1.29 is 13.2 Å². The molecule has 2 rings (SSSR count). The van der Waals surface area contributed by atoms with Gasteiger partial charge in [-0.1, -0.05) is 13.0 Å². The Morgan fingerprint density at radius 1 is 1.12 bits per heavy atom. The molecule has 6 nitrogen and oxygen atoms in total. The quantitative estimate of drug-likeness (QED) is 0.832. The van der Waals surface area contributed by atoms with Crippen LogP contribution in [0.1, 0.15) is 24.5 Å². The Kier molecular flexibility index (Phi) is 6.37. The first-order valence-electron chi connectivity index (χ1n) is 8.41. The average Bonchev–Trinajstić information content (AvgIpc) is 2.56. The first-order chi connectivity index (χ1) is 11.3. The zero-order chi connectivity index (χ0) is 17.7. The summed E-state index contributed by atoms with van der Waals surface area (Å²) in [5, 5.41) is 2.85. The highest BCUT2D eigenvalue weighted by Gasteiger charge is 2.29. The van der Waals surface area contributed by atoms with Crippen LogP contribution in [0.15, 0.2) is 23.1 Å². The fourth-order valence-electron chi connectivity index (χ4n) is 2.67. The Balaban J connectivity index is 1.95. The second-order valence-electron chi connectivity index (χ2n) is 6.28. The molecule has 1 fully saturated rings. The highest BCUT2D eigenvalue weighted by atomic mass is 32.2. The minimum Gasteiger partial charge on any atom is -0.355 e. The van der Waals surface area contributed by atoms with Crippen molar-refractivity contribution in [3.05, 3.63) is 29.3 Å². The molecule has 0 unspecified atom stereocenters. The maximum absolute atomic E-state index is 12.7. The maximum atomic E-state index is 12.7. The Morgan fingerprint density at radius 3 is 2.38 bits per heavy atom. The van der Waals surface area contributed by atoms with Gasteiger partial charge in [-0.2, -0.15) is 4.31 Å². The Bertz CT molecular complexity index is 680. The molecule has 1 aromatic rings. The van der Waals surface area contributed by atoms with Crippen LogP contribution in [0.2, 0.25) is 0 Å². The van der Waals surface area contributed by atoms with E-state index >= 15 is 0 Å². The lowest BCUT2D eigenvalue weighted by Gasteiger charge is -2.33. The third-order valence-corrected chi connectivity index (χ3v) is 6.28. The molecule has 0 saturated carbocycles. The molecule has 0 radical (unpaired) electrons. The van der Waals surface area contributed by atoms with Crippen LogP contribution < -0.4 is 5.32 Å². The number of hydrogen-bond acceptors (Lipinski definition) is 4. The normalized spacial score (nSPS) is 17.0. The van der Waals surface area contributed by atoms with Gasteiger partial charge < -0.3 is 5.32 Å². The summed E-state index contributed by atoms with van der Waals surface area (Å²) in [6.45, 7) is 8.88. The largest absolute Gasteiger partial charge is 0.355 e. The Hall–Kier alpha value is -1.44. The number of carbonyl (C=O) groups is 1. The summed E-state index contributed by atoms with van der Waals surface area (Å²) in [6.07, 6.45) is 0.910. The number of rotatable bonds is 6. The van der Waals surface area contributed by atoms with Crippen LogP contribution in [0.3, 0.4) is 0 Å². The van der Waals surface area contributed by atoms with E-state index in [2.05, 4.69) is 5.32 Å². The molecule has 0 aromatic heterocycles. The van der Waals surface area contributed by atoms with Crippen LogP contribution in [-0.2, 0) is 14.8 Å². The third-order valence-electron chi connectivity index (χ3n) is 4.39. The van der Waals surface area contributed by atoms with Crippen molar-refractivity contribution in [2.75, 3.05) is 39.3 Å². The molecule has 0 atom stereocenters. The standard InChI is InChI=1S/C17H27N3O3S/c1-4-7-18-17(21)13-19-8-10-20(11-9-19)24(22,23)16-6-5-14(2)15(3)12-16/h5-6,12H,4,7-11,13H2,1-3H3,(H,18,21). The Morgan fingerprint density at radius 2 is 1.79 bits per heavy atom. The molecule has 1 aromatic carbocycles. The SMILES string of the molecule is CCCNC(=O)CN1CCN(S(=O)(=O)c2ccc(C)c(C)c2)CC1. The molecule has 1 amide bonds. The zero-order valence-corrected chi connectivity index (χ0v) is 15.5. The van der Waals surface area contributed by atoms with E-state index in [1.165, 1.54) is 4.31 Å². The van der Waals surface area contributed by atoms with E-state index in [9.17, 15) is 13.2 Å². The lowest BCUT2D eigenvalue weighted by Crippen LogP contribution is -2.51. The number of benzene rings is 1. The highest BCUT2D eigenvalue weighted by Crippen LogP contribution is 2.20. The van der Waals surface area contributed by atoms with Gasteiger partial charge in [0.15, 0.2) is 0 Å². The molecule has 1 heterocycles. The molecule has 0 bridgehead atoms. The fraction of sp³-hybridized carbons (Fsp3) is 0.588. The molecule has 0 spiro atoms. The summed E-state index contributed by atoms with van der Waals surface area (Å²) in [5.41, 5.74) is 2.05. The van der Waals surface area contributed by atoms with Gasteiger partial charge in [-0.15, -0.1) is 0 Å². The molecule has 1 N–H and O–H groups in total. The van der Waals surface area contributed by atoms with E-state index in [0.717, 1.165) is 17.5 Å². The van der Waals surface area contributed by atoms with E-state index in [1.54, 1.807) is 12.1 Å². The van der Waals surface area contributed by atoms with Crippen LogP contribution in [0.5, 0.6) is 0 Å². The summed E-state index contributed by atoms with van der Waals surface area (Å²) in [5.74, 6) is 0.00214. The average molecular weight is 353 g/mol. The van der Waals surface area contributed by atoms with Crippen LogP contribution in [-0.4, -0.2) is 62.8 Å². The van der Waals surface area contributed by atoms with E-state index < -0.39 is 10.0 Å². The molecule has 1 saturated heterocycles. The maximum Gasteiger partial charge on any atom is 0.243 e. The van der Waals surface area contributed by atoms with Gasteiger partial charge in [0.25, 0.3) is 0 Å². The summed E-state index contributed by atoms with van der Waals surface area (Å²) >= 11 is 0. The summed E-state index contributed by atoms with van der Waals surface area (Å²) in [4.78, 5) is 14.1. The second kappa shape index (κ2) is 8.09. The molecule has 1 aliphatic heterocycles. The number of aryl methyl sites for hydroxylation is 2. The fourth-order valence-corrected chi connectivity index (χ4v) is 4.18. The van der Waals surface area contributed by atoms with Gasteiger partial charge in [-0.25, -0.2) is 8.42 Å². The predicted molar refractivity (Wildman–Crippen MR) is 94.4 cm³/mol. The number of piperazine rings is 1. The lowest BCUT2D eigenvalue weighted by atomic mass is 10.1. The third kappa shape index (κ3) is 4.55. The smallest absolute Gasteiger partial charge is 0.243 e. The summed E-state index contributed by atoms with van der Waals surface area (Å²) in [7, 11) is -3.46. The van der Waals surface area contributed by atoms with Crippen molar-refractivity contribution in [1.82, 2.24) is 14.5 Å². The minimum atomic E-state index is -3.46. The molecular formula is C17H27N3O3S. The number of carbonyl (C=O) groups excluding carboxylic acids is 1. The monoisotopic (exact) mass is 353 g/mol. The number of sulfonamides is 1.